The zero-order chi connectivity index (χ0) is 13.2. The zero-order valence-corrected chi connectivity index (χ0v) is 11.6. The van der Waals surface area contributed by atoms with E-state index in [2.05, 4.69) is 18.8 Å². The summed E-state index contributed by atoms with van der Waals surface area (Å²) in [5.74, 6) is 0.787. The molecule has 0 aliphatic heterocycles. The third-order valence-corrected chi connectivity index (χ3v) is 4.51. The number of ether oxygens (including phenoxy) is 1. The van der Waals surface area contributed by atoms with E-state index in [1.807, 2.05) is 18.5 Å². The summed E-state index contributed by atoms with van der Waals surface area (Å²) >= 11 is 0. The van der Waals surface area contributed by atoms with Crippen molar-refractivity contribution in [3.63, 3.8) is 0 Å². The van der Waals surface area contributed by atoms with Crippen molar-refractivity contribution in [1.82, 2.24) is 4.98 Å². The van der Waals surface area contributed by atoms with Crippen molar-refractivity contribution in [3.05, 3.63) is 29.6 Å². The van der Waals surface area contributed by atoms with Gasteiger partial charge in [-0.1, -0.05) is 6.92 Å². The minimum atomic E-state index is -0.208. The second kappa shape index (κ2) is 5.37. The molecule has 18 heavy (non-hydrogen) atoms. The normalized spacial score (nSPS) is 30.1. The smallest absolute Gasteiger partial charge is 0.0871 e. The van der Waals surface area contributed by atoms with Crippen LogP contribution in [0.2, 0.25) is 0 Å². The number of pyridine rings is 1. The van der Waals surface area contributed by atoms with Gasteiger partial charge in [-0.05, 0) is 55.7 Å². The zero-order valence-electron chi connectivity index (χ0n) is 11.6. The lowest BCUT2D eigenvalue weighted by atomic mass is 9.73. The van der Waals surface area contributed by atoms with E-state index >= 15 is 0 Å². The number of nitrogens with two attached hydrogens (primary N) is 1. The average Bonchev–Trinajstić information content (AvgIpc) is 2.40. The SMILES string of the molecule is COC1(C(N)c2cnccc2C)CCC(C)CC1. The molecule has 1 saturated carbocycles. The first-order valence-electron chi connectivity index (χ1n) is 6.80. The Morgan fingerprint density at radius 1 is 1.44 bits per heavy atom. The number of hydrogen-bond donors (Lipinski definition) is 1. The van der Waals surface area contributed by atoms with E-state index in [0.717, 1.165) is 24.3 Å². The van der Waals surface area contributed by atoms with Crippen molar-refractivity contribution in [2.24, 2.45) is 11.7 Å². The van der Waals surface area contributed by atoms with Crippen LogP contribution in [0, 0.1) is 12.8 Å². The van der Waals surface area contributed by atoms with Crippen molar-refractivity contribution >= 4 is 0 Å². The fourth-order valence-electron chi connectivity index (χ4n) is 2.98. The number of aryl methyl sites for hydroxylation is 1. The van der Waals surface area contributed by atoms with Crippen LogP contribution in [0.4, 0.5) is 0 Å². The molecule has 1 heterocycles. The van der Waals surface area contributed by atoms with Crippen LogP contribution >= 0.6 is 0 Å². The van der Waals surface area contributed by atoms with E-state index in [9.17, 15) is 0 Å². The Balaban J connectivity index is 2.25. The third kappa shape index (κ3) is 2.43. The summed E-state index contributed by atoms with van der Waals surface area (Å²) in [5, 5.41) is 0. The van der Waals surface area contributed by atoms with E-state index in [1.54, 1.807) is 7.11 Å². The molecule has 1 aromatic rings. The van der Waals surface area contributed by atoms with Gasteiger partial charge in [0, 0.05) is 19.5 Å². The predicted octanol–water partition coefficient (Wildman–Crippen LogP) is 2.99. The molecule has 1 fully saturated rings. The molecule has 2 rings (SSSR count). The molecule has 1 unspecified atom stereocenters. The van der Waals surface area contributed by atoms with Gasteiger partial charge in [-0.3, -0.25) is 4.98 Å². The Morgan fingerprint density at radius 3 is 2.67 bits per heavy atom. The lowest BCUT2D eigenvalue weighted by Crippen LogP contribution is -2.46. The van der Waals surface area contributed by atoms with Gasteiger partial charge >= 0.3 is 0 Å². The first kappa shape index (κ1) is 13.5. The fraction of sp³-hybridized carbons (Fsp3) is 0.667. The Bertz CT molecular complexity index is 397. The van der Waals surface area contributed by atoms with Crippen LogP contribution in [0.3, 0.4) is 0 Å². The molecule has 0 saturated heterocycles. The topological polar surface area (TPSA) is 48.1 Å². The van der Waals surface area contributed by atoms with E-state index in [4.69, 9.17) is 10.5 Å². The Labute approximate surface area is 110 Å². The molecule has 0 spiro atoms. The van der Waals surface area contributed by atoms with Gasteiger partial charge < -0.3 is 10.5 Å². The molecular formula is C15H24N2O. The monoisotopic (exact) mass is 248 g/mol. The lowest BCUT2D eigenvalue weighted by Gasteiger charge is -2.42. The third-order valence-electron chi connectivity index (χ3n) is 4.51. The maximum Gasteiger partial charge on any atom is 0.0871 e. The maximum absolute atomic E-state index is 6.50. The highest BCUT2D eigenvalue weighted by atomic mass is 16.5. The van der Waals surface area contributed by atoms with Crippen molar-refractivity contribution < 1.29 is 4.74 Å². The number of methoxy groups -OCH3 is 1. The minimum absolute atomic E-state index is 0.0799. The molecule has 3 nitrogen and oxygen atoms in total. The van der Waals surface area contributed by atoms with Crippen LogP contribution in [-0.4, -0.2) is 17.7 Å². The van der Waals surface area contributed by atoms with Gasteiger partial charge in [-0.2, -0.15) is 0 Å². The number of rotatable bonds is 3. The quantitative estimate of drug-likeness (QED) is 0.894. The molecule has 0 radical (unpaired) electrons. The average molecular weight is 248 g/mol. The van der Waals surface area contributed by atoms with Crippen LogP contribution in [0.25, 0.3) is 0 Å². The molecule has 0 aromatic carbocycles. The second-order valence-electron chi connectivity index (χ2n) is 5.66. The maximum atomic E-state index is 6.50. The first-order chi connectivity index (χ1) is 8.59. The molecule has 1 atom stereocenters. The van der Waals surface area contributed by atoms with Crippen molar-refractivity contribution in [1.29, 1.82) is 0 Å². The summed E-state index contributed by atoms with van der Waals surface area (Å²) in [4.78, 5) is 4.21. The van der Waals surface area contributed by atoms with E-state index in [1.165, 1.54) is 18.4 Å². The van der Waals surface area contributed by atoms with E-state index in [0.29, 0.717) is 0 Å². The molecule has 1 aromatic heterocycles. The summed E-state index contributed by atoms with van der Waals surface area (Å²) in [6.07, 6.45) is 8.18. The van der Waals surface area contributed by atoms with E-state index < -0.39 is 0 Å². The summed E-state index contributed by atoms with van der Waals surface area (Å²) in [5.41, 5.74) is 8.61. The largest absolute Gasteiger partial charge is 0.376 e. The fourth-order valence-corrected chi connectivity index (χ4v) is 2.98. The predicted molar refractivity (Wildman–Crippen MR) is 73.3 cm³/mol. The number of nitrogens with zero attached hydrogens (tertiary/aromatic N) is 1. The van der Waals surface area contributed by atoms with Gasteiger partial charge in [-0.25, -0.2) is 0 Å². The van der Waals surface area contributed by atoms with Crippen molar-refractivity contribution in [3.8, 4) is 0 Å². The van der Waals surface area contributed by atoms with Gasteiger partial charge in [0.15, 0.2) is 0 Å². The summed E-state index contributed by atoms with van der Waals surface area (Å²) in [6.45, 7) is 4.39. The molecular weight excluding hydrogens is 224 g/mol. The van der Waals surface area contributed by atoms with E-state index in [-0.39, 0.29) is 11.6 Å². The van der Waals surface area contributed by atoms with Crippen LogP contribution < -0.4 is 5.73 Å². The summed E-state index contributed by atoms with van der Waals surface area (Å²) in [6, 6.07) is 1.94. The summed E-state index contributed by atoms with van der Waals surface area (Å²) in [7, 11) is 1.79. The van der Waals surface area contributed by atoms with Crippen LogP contribution in [0.15, 0.2) is 18.5 Å². The Hall–Kier alpha value is -0.930. The van der Waals surface area contributed by atoms with Crippen LogP contribution in [0.1, 0.15) is 49.8 Å². The van der Waals surface area contributed by atoms with Crippen LogP contribution in [0.5, 0.6) is 0 Å². The van der Waals surface area contributed by atoms with Gasteiger partial charge in [0.2, 0.25) is 0 Å². The van der Waals surface area contributed by atoms with Gasteiger partial charge in [0.05, 0.1) is 11.6 Å². The van der Waals surface area contributed by atoms with Crippen molar-refractivity contribution in [2.45, 2.75) is 51.2 Å². The highest BCUT2D eigenvalue weighted by Gasteiger charge is 2.40. The minimum Gasteiger partial charge on any atom is -0.376 e. The van der Waals surface area contributed by atoms with Gasteiger partial charge in [-0.15, -0.1) is 0 Å². The number of hydrogen-bond acceptors (Lipinski definition) is 3. The van der Waals surface area contributed by atoms with Gasteiger partial charge in [0.25, 0.3) is 0 Å². The Morgan fingerprint density at radius 2 is 2.11 bits per heavy atom. The highest BCUT2D eigenvalue weighted by molar-refractivity contribution is 5.27. The second-order valence-corrected chi connectivity index (χ2v) is 5.66. The lowest BCUT2D eigenvalue weighted by molar-refractivity contribution is -0.0673. The molecule has 1 aliphatic carbocycles. The molecule has 2 N–H and O–H groups in total. The number of aromatic nitrogens is 1. The standard InChI is InChI=1S/C15H24N2O/c1-11-4-7-15(18-3,8-5-11)14(16)13-10-17-9-6-12(13)2/h6,9-11,14H,4-5,7-8,16H2,1-3H3. The molecule has 0 amide bonds. The van der Waals surface area contributed by atoms with Gasteiger partial charge in [0.1, 0.15) is 0 Å². The first-order valence-corrected chi connectivity index (χ1v) is 6.80. The summed E-state index contributed by atoms with van der Waals surface area (Å²) < 4.78 is 5.85. The molecule has 0 bridgehead atoms. The molecule has 100 valence electrons. The van der Waals surface area contributed by atoms with Crippen molar-refractivity contribution in [2.75, 3.05) is 7.11 Å². The van der Waals surface area contributed by atoms with Crippen LogP contribution in [-0.2, 0) is 4.74 Å². The molecule has 3 heteroatoms. The Kier molecular flexibility index (Phi) is 4.03. The molecule has 1 aliphatic rings. The highest BCUT2D eigenvalue weighted by Crippen LogP contribution is 2.42.